The monoisotopic (exact) mass is 517 g/mol. The number of methoxy groups -OCH3 is 2. The summed E-state index contributed by atoms with van der Waals surface area (Å²) in [6.07, 6.45) is 1.30. The lowest BCUT2D eigenvalue weighted by Gasteiger charge is -2.25. The number of likely N-dealkylation sites (tertiary alicyclic amines) is 1. The number of hydrogen-bond donors (Lipinski definition) is 2. The van der Waals surface area contributed by atoms with E-state index in [9.17, 15) is 19.8 Å². The van der Waals surface area contributed by atoms with Crippen LogP contribution in [0.2, 0.25) is 0 Å². The molecule has 4 rings (SSSR count). The first-order valence-electron chi connectivity index (χ1n) is 12.4. The molecule has 0 bridgehead atoms. The summed E-state index contributed by atoms with van der Waals surface area (Å²) >= 11 is 0. The van der Waals surface area contributed by atoms with Crippen LogP contribution in [0.15, 0.2) is 72.3 Å². The van der Waals surface area contributed by atoms with Crippen LogP contribution in [-0.2, 0) is 16.0 Å². The van der Waals surface area contributed by atoms with E-state index in [1.807, 2.05) is 19.1 Å². The highest BCUT2D eigenvalue weighted by Gasteiger charge is 2.45. The van der Waals surface area contributed by atoms with E-state index in [0.29, 0.717) is 41.4 Å². The maximum absolute atomic E-state index is 13.3. The topological polar surface area (TPSA) is 106 Å². The van der Waals surface area contributed by atoms with Crippen LogP contribution in [0.25, 0.3) is 5.76 Å². The van der Waals surface area contributed by atoms with Crippen LogP contribution in [0.5, 0.6) is 23.0 Å². The molecular weight excluding hydrogens is 486 g/mol. The number of benzene rings is 3. The van der Waals surface area contributed by atoms with Crippen LogP contribution >= 0.6 is 0 Å². The number of amides is 1. The third-order valence-electron chi connectivity index (χ3n) is 6.44. The molecule has 1 amide bonds. The van der Waals surface area contributed by atoms with Crippen LogP contribution < -0.4 is 14.2 Å². The Morgan fingerprint density at radius 3 is 2.24 bits per heavy atom. The molecule has 0 radical (unpaired) electrons. The number of ether oxygens (including phenoxy) is 3. The summed E-state index contributed by atoms with van der Waals surface area (Å²) in [6, 6.07) is 17.7. The number of carbonyl (C=O) groups is 2. The molecule has 0 aromatic heterocycles. The third kappa shape index (κ3) is 5.44. The van der Waals surface area contributed by atoms with Gasteiger partial charge in [-0.25, -0.2) is 0 Å². The zero-order valence-corrected chi connectivity index (χ0v) is 21.6. The number of nitrogens with zero attached hydrogens (tertiary/aromatic N) is 1. The number of hydrogen-bond acceptors (Lipinski definition) is 7. The van der Waals surface area contributed by atoms with Crippen molar-refractivity contribution in [1.82, 2.24) is 4.90 Å². The summed E-state index contributed by atoms with van der Waals surface area (Å²) in [7, 11) is 3.11. The molecule has 3 aromatic rings. The quantitative estimate of drug-likeness (QED) is 0.225. The summed E-state index contributed by atoms with van der Waals surface area (Å²) in [5, 5.41) is 21.1. The molecule has 0 spiro atoms. The van der Waals surface area contributed by atoms with Crippen molar-refractivity contribution in [3.63, 3.8) is 0 Å². The fraction of sp³-hybridized carbons (Fsp3) is 0.267. The Balaban J connectivity index is 1.70. The van der Waals surface area contributed by atoms with Gasteiger partial charge in [0.1, 0.15) is 17.3 Å². The minimum Gasteiger partial charge on any atom is -0.508 e. The smallest absolute Gasteiger partial charge is 0.295 e. The van der Waals surface area contributed by atoms with Gasteiger partial charge < -0.3 is 29.3 Å². The maximum Gasteiger partial charge on any atom is 0.295 e. The number of aliphatic hydroxyl groups is 1. The van der Waals surface area contributed by atoms with Crippen molar-refractivity contribution < 1.29 is 34.0 Å². The Hall–Kier alpha value is -4.46. The van der Waals surface area contributed by atoms with Gasteiger partial charge >= 0.3 is 0 Å². The van der Waals surface area contributed by atoms with Gasteiger partial charge in [-0.05, 0) is 72.5 Å². The van der Waals surface area contributed by atoms with Gasteiger partial charge in [0, 0.05) is 12.1 Å². The Labute approximate surface area is 221 Å². The fourth-order valence-electron chi connectivity index (χ4n) is 4.48. The molecule has 1 atom stereocenters. The zero-order chi connectivity index (χ0) is 27.2. The van der Waals surface area contributed by atoms with E-state index in [1.54, 1.807) is 56.7 Å². The van der Waals surface area contributed by atoms with Crippen LogP contribution in [0, 0.1) is 0 Å². The molecule has 2 N–H and O–H groups in total. The van der Waals surface area contributed by atoms with Crippen molar-refractivity contribution >= 4 is 17.4 Å². The molecule has 38 heavy (non-hydrogen) atoms. The summed E-state index contributed by atoms with van der Waals surface area (Å²) in [5.74, 6) is 0.122. The Bertz CT molecular complexity index is 1330. The summed E-state index contributed by atoms with van der Waals surface area (Å²) < 4.78 is 16.3. The number of ketones is 1. The van der Waals surface area contributed by atoms with Gasteiger partial charge in [-0.1, -0.05) is 25.1 Å². The van der Waals surface area contributed by atoms with Crippen molar-refractivity contribution in [2.24, 2.45) is 0 Å². The van der Waals surface area contributed by atoms with E-state index in [-0.39, 0.29) is 23.6 Å². The lowest BCUT2D eigenvalue weighted by atomic mass is 9.95. The lowest BCUT2D eigenvalue weighted by molar-refractivity contribution is -0.139. The molecule has 8 nitrogen and oxygen atoms in total. The van der Waals surface area contributed by atoms with Gasteiger partial charge in [-0.3, -0.25) is 9.59 Å². The number of carbonyl (C=O) groups excluding carboxylic acids is 2. The summed E-state index contributed by atoms with van der Waals surface area (Å²) in [5.41, 5.74) is 1.88. The molecular formula is C30H31NO7. The summed E-state index contributed by atoms with van der Waals surface area (Å²) in [6.45, 7) is 2.79. The normalized spacial score (nSPS) is 16.5. The number of rotatable bonds is 10. The van der Waals surface area contributed by atoms with Gasteiger partial charge in [-0.15, -0.1) is 0 Å². The van der Waals surface area contributed by atoms with E-state index in [2.05, 4.69) is 0 Å². The summed E-state index contributed by atoms with van der Waals surface area (Å²) in [4.78, 5) is 28.0. The predicted octanol–water partition coefficient (Wildman–Crippen LogP) is 4.86. The van der Waals surface area contributed by atoms with E-state index in [1.165, 1.54) is 17.0 Å². The highest BCUT2D eigenvalue weighted by Crippen LogP contribution is 2.40. The first kappa shape index (κ1) is 26.6. The van der Waals surface area contributed by atoms with Crippen molar-refractivity contribution in [3.05, 3.63) is 89.0 Å². The highest BCUT2D eigenvalue weighted by molar-refractivity contribution is 6.46. The van der Waals surface area contributed by atoms with E-state index in [4.69, 9.17) is 14.2 Å². The number of phenols is 1. The molecule has 198 valence electrons. The molecule has 1 fully saturated rings. The van der Waals surface area contributed by atoms with Crippen LogP contribution in [0.1, 0.15) is 36.1 Å². The third-order valence-corrected chi connectivity index (χ3v) is 6.44. The number of phenolic OH excluding ortho intramolecular Hbond substituents is 1. The number of Topliss-reactive ketones (excluding diaryl/α,β-unsaturated/α-hetero) is 1. The molecule has 0 aliphatic carbocycles. The van der Waals surface area contributed by atoms with Crippen molar-refractivity contribution in [2.75, 3.05) is 27.4 Å². The minimum atomic E-state index is -0.827. The first-order valence-corrected chi connectivity index (χ1v) is 12.4. The number of aromatic hydroxyl groups is 1. The second kappa shape index (κ2) is 11.7. The Morgan fingerprint density at radius 2 is 1.61 bits per heavy atom. The van der Waals surface area contributed by atoms with E-state index >= 15 is 0 Å². The largest absolute Gasteiger partial charge is 0.508 e. The van der Waals surface area contributed by atoms with Crippen molar-refractivity contribution in [3.8, 4) is 23.0 Å². The van der Waals surface area contributed by atoms with Gasteiger partial charge in [0.05, 0.1) is 32.4 Å². The molecule has 1 aliphatic rings. The molecule has 1 aliphatic heterocycles. The molecule has 0 saturated carbocycles. The van der Waals surface area contributed by atoms with Gasteiger partial charge in [0.15, 0.2) is 11.5 Å². The average Bonchev–Trinajstić information content (AvgIpc) is 3.20. The molecule has 8 heteroatoms. The molecule has 3 aromatic carbocycles. The first-order chi connectivity index (χ1) is 18.4. The molecule has 1 saturated heterocycles. The predicted molar refractivity (Wildman–Crippen MR) is 143 cm³/mol. The van der Waals surface area contributed by atoms with Crippen molar-refractivity contribution in [2.45, 2.75) is 25.8 Å². The molecule has 1 unspecified atom stereocenters. The van der Waals surface area contributed by atoms with E-state index in [0.717, 1.165) is 12.0 Å². The van der Waals surface area contributed by atoms with Gasteiger partial charge in [0.25, 0.3) is 11.7 Å². The van der Waals surface area contributed by atoms with Gasteiger partial charge in [-0.2, -0.15) is 0 Å². The second-order valence-corrected chi connectivity index (χ2v) is 8.90. The maximum atomic E-state index is 13.3. The Kier molecular flexibility index (Phi) is 8.21. The van der Waals surface area contributed by atoms with Gasteiger partial charge in [0.2, 0.25) is 0 Å². The number of aliphatic hydroxyl groups excluding tert-OH is 1. The van der Waals surface area contributed by atoms with Crippen LogP contribution in [0.4, 0.5) is 0 Å². The fourth-order valence-corrected chi connectivity index (χ4v) is 4.48. The van der Waals surface area contributed by atoms with Crippen molar-refractivity contribution in [1.29, 1.82) is 0 Å². The molecule has 1 heterocycles. The second-order valence-electron chi connectivity index (χ2n) is 8.90. The zero-order valence-electron chi connectivity index (χ0n) is 21.6. The SMILES string of the molecule is CCCOc1ccc(/C(O)=C2\C(=O)C(=O)N(CCc3ccc(OC)c(OC)c3)C2c2ccc(O)cc2)cc1. The van der Waals surface area contributed by atoms with Crippen LogP contribution in [0.3, 0.4) is 0 Å². The Morgan fingerprint density at radius 1 is 0.921 bits per heavy atom. The lowest BCUT2D eigenvalue weighted by Crippen LogP contribution is -2.31. The van der Waals surface area contributed by atoms with Crippen LogP contribution in [-0.4, -0.2) is 54.2 Å². The highest BCUT2D eigenvalue weighted by atomic mass is 16.5. The minimum absolute atomic E-state index is 0.00442. The standard InChI is InChI=1S/C30H31NO7/c1-4-17-38-23-12-8-21(9-13-23)28(33)26-27(20-6-10-22(32)11-7-20)31(30(35)29(26)34)16-15-19-5-14-24(36-2)25(18-19)37-3/h5-14,18,27,32-33H,4,15-17H2,1-3H3/b28-26+. The van der Waals surface area contributed by atoms with E-state index < -0.39 is 17.7 Å². The average molecular weight is 518 g/mol.